The fraction of sp³-hybridized carbons (Fsp3) is 0.462. The number of aliphatic hydroxyl groups is 4. The average molecular weight is 575 g/mol. The summed E-state index contributed by atoms with van der Waals surface area (Å²) in [6.07, 6.45) is -2.71. The van der Waals surface area contributed by atoms with E-state index in [4.69, 9.17) is 19.7 Å². The number of esters is 2. The number of benzene rings is 2. The largest absolute Gasteiger partial charge is 1.00 e. The van der Waals surface area contributed by atoms with Crippen molar-refractivity contribution in [1.29, 1.82) is 0 Å². The zero-order valence-electron chi connectivity index (χ0n) is 20.8. The van der Waals surface area contributed by atoms with Gasteiger partial charge in [0.2, 0.25) is 0 Å². The topological polar surface area (TPSA) is 167 Å². The second kappa shape index (κ2) is 17.3. The SMILES string of the molecule is O=C1C[C@H]([NH2+]Cc2ccccc2)[C@@H]([C@H](O)CO)O1.O=C1C[C@H]([NH2+]Cc2ccccc2)[C@@H]([C@H](O)CO)O1.[Cl-].[Cl-]. The van der Waals surface area contributed by atoms with Gasteiger partial charge in [0.25, 0.3) is 0 Å². The number of quaternary nitrogens is 2. The maximum Gasteiger partial charge on any atom is 0.312 e. The average Bonchev–Trinajstić information content (AvgIpc) is 3.48. The van der Waals surface area contributed by atoms with E-state index in [1.807, 2.05) is 71.3 Å². The Morgan fingerprint density at radius 2 is 1.03 bits per heavy atom. The van der Waals surface area contributed by atoms with Crippen LogP contribution in [0.25, 0.3) is 0 Å². The second-order valence-electron chi connectivity index (χ2n) is 9.00. The van der Waals surface area contributed by atoms with E-state index < -0.39 is 37.6 Å². The molecule has 4 rings (SSSR count). The number of aliphatic hydroxyl groups excluding tert-OH is 4. The Morgan fingerprint density at radius 1 is 0.684 bits per heavy atom. The van der Waals surface area contributed by atoms with E-state index in [1.54, 1.807) is 0 Å². The second-order valence-corrected chi connectivity index (χ2v) is 9.00. The highest BCUT2D eigenvalue weighted by Gasteiger charge is 2.42. The van der Waals surface area contributed by atoms with Gasteiger partial charge in [0, 0.05) is 11.1 Å². The number of hydrogen-bond acceptors (Lipinski definition) is 8. The van der Waals surface area contributed by atoms with Gasteiger partial charge in [-0.15, -0.1) is 0 Å². The van der Waals surface area contributed by atoms with Crippen LogP contribution < -0.4 is 35.4 Å². The Balaban J connectivity index is 0.000000361. The van der Waals surface area contributed by atoms with Crippen molar-refractivity contribution in [2.45, 2.75) is 62.4 Å². The molecule has 2 heterocycles. The molecule has 0 bridgehead atoms. The van der Waals surface area contributed by atoms with Gasteiger partial charge in [-0.3, -0.25) is 9.59 Å². The maximum absolute atomic E-state index is 11.3. The summed E-state index contributed by atoms with van der Waals surface area (Å²) in [5.41, 5.74) is 2.29. The van der Waals surface area contributed by atoms with Crippen LogP contribution >= 0.6 is 0 Å². The Labute approximate surface area is 234 Å². The number of carbonyl (C=O) groups is 2. The standard InChI is InChI=1S/2C13H17NO4.2ClH/c2*15-8-11(16)13-10(6-12(17)18-13)14-7-9-4-2-1-3-5-9;;/h2*1-5,10-11,13-16H,6-8H2;2*1H/t2*10-,11+,13-;;/m00../s1. The van der Waals surface area contributed by atoms with E-state index in [9.17, 15) is 19.8 Å². The molecule has 2 fully saturated rings. The maximum atomic E-state index is 11.3. The molecule has 12 heteroatoms. The van der Waals surface area contributed by atoms with Crippen LogP contribution in [0.5, 0.6) is 0 Å². The van der Waals surface area contributed by atoms with E-state index in [-0.39, 0.29) is 61.7 Å². The van der Waals surface area contributed by atoms with Gasteiger partial charge in [-0.25, -0.2) is 0 Å². The first-order valence-electron chi connectivity index (χ1n) is 12.1. The molecular weight excluding hydrogens is 539 g/mol. The molecule has 0 saturated carbocycles. The fourth-order valence-corrected chi connectivity index (χ4v) is 4.37. The van der Waals surface area contributed by atoms with Crippen LogP contribution in [0.15, 0.2) is 60.7 Å². The molecule has 6 atom stereocenters. The zero-order valence-corrected chi connectivity index (χ0v) is 22.3. The fourth-order valence-electron chi connectivity index (χ4n) is 4.37. The number of ether oxygens (including phenoxy) is 2. The third kappa shape index (κ3) is 10.1. The Bertz CT molecular complexity index is 879. The van der Waals surface area contributed by atoms with E-state index in [2.05, 4.69) is 0 Å². The Hall–Kier alpha value is -2.28. The van der Waals surface area contributed by atoms with Gasteiger partial charge in [-0.05, 0) is 0 Å². The van der Waals surface area contributed by atoms with Crippen LogP contribution in [0.3, 0.4) is 0 Å². The van der Waals surface area contributed by atoms with Gasteiger partial charge in [-0.2, -0.15) is 0 Å². The number of rotatable bonds is 10. The summed E-state index contributed by atoms with van der Waals surface area (Å²) in [4.78, 5) is 22.5. The molecule has 0 amide bonds. The highest BCUT2D eigenvalue weighted by molar-refractivity contribution is 5.73. The van der Waals surface area contributed by atoms with Crippen LogP contribution in [0.2, 0.25) is 0 Å². The highest BCUT2D eigenvalue weighted by atomic mass is 35.5. The summed E-state index contributed by atoms with van der Waals surface area (Å²) >= 11 is 0. The van der Waals surface area contributed by atoms with Gasteiger partial charge >= 0.3 is 11.9 Å². The third-order valence-corrected chi connectivity index (χ3v) is 6.31. The third-order valence-electron chi connectivity index (χ3n) is 6.31. The molecule has 8 N–H and O–H groups in total. The van der Waals surface area contributed by atoms with E-state index >= 15 is 0 Å². The number of carbonyl (C=O) groups excluding carboxylic acids is 2. The molecule has 0 unspecified atom stereocenters. The summed E-state index contributed by atoms with van der Waals surface area (Å²) in [6, 6.07) is 19.5. The lowest BCUT2D eigenvalue weighted by Gasteiger charge is -2.19. The number of halogens is 2. The van der Waals surface area contributed by atoms with E-state index in [0.29, 0.717) is 0 Å². The first-order chi connectivity index (χ1) is 17.4. The van der Waals surface area contributed by atoms with Gasteiger partial charge in [0.1, 0.15) is 50.2 Å². The minimum absolute atomic E-state index is 0. The van der Waals surface area contributed by atoms with Crippen LogP contribution in [0.1, 0.15) is 24.0 Å². The van der Waals surface area contributed by atoms with E-state index in [0.717, 1.165) is 24.2 Å². The molecule has 0 aliphatic carbocycles. The summed E-state index contributed by atoms with van der Waals surface area (Å²) in [6.45, 7) is 0.648. The minimum atomic E-state index is -1.01. The molecule has 38 heavy (non-hydrogen) atoms. The summed E-state index contributed by atoms with van der Waals surface area (Å²) < 4.78 is 10.1. The van der Waals surface area contributed by atoms with Crippen molar-refractivity contribution in [3.8, 4) is 0 Å². The monoisotopic (exact) mass is 574 g/mol. The lowest BCUT2D eigenvalue weighted by atomic mass is 10.1. The minimum Gasteiger partial charge on any atom is -1.00 e. The zero-order chi connectivity index (χ0) is 25.9. The van der Waals surface area contributed by atoms with Crippen LogP contribution in [-0.2, 0) is 32.2 Å². The first kappa shape index (κ1) is 33.7. The number of nitrogens with two attached hydrogens (primary N) is 2. The van der Waals surface area contributed by atoms with E-state index in [1.165, 1.54) is 0 Å². The van der Waals surface area contributed by atoms with Crippen molar-refractivity contribution in [2.24, 2.45) is 0 Å². The molecule has 0 radical (unpaired) electrons. The smallest absolute Gasteiger partial charge is 0.312 e. The number of hydrogen-bond donors (Lipinski definition) is 6. The first-order valence-corrected chi connectivity index (χ1v) is 12.1. The molecule has 2 aromatic rings. The van der Waals surface area contributed by atoms with Crippen LogP contribution in [0, 0.1) is 0 Å². The molecule has 212 valence electrons. The van der Waals surface area contributed by atoms with Crippen LogP contribution in [-0.4, -0.2) is 82.1 Å². The van der Waals surface area contributed by atoms with Crippen molar-refractivity contribution >= 4 is 11.9 Å². The molecule has 2 saturated heterocycles. The molecule has 2 aromatic carbocycles. The summed E-state index contributed by atoms with van der Waals surface area (Å²) in [5.74, 6) is -0.636. The predicted octanol–water partition coefficient (Wildman–Crippen LogP) is -8.42. The quantitative estimate of drug-likeness (QED) is 0.152. The van der Waals surface area contributed by atoms with Gasteiger partial charge < -0.3 is 65.3 Å². The molecule has 0 spiro atoms. The van der Waals surface area contributed by atoms with Crippen molar-refractivity contribution in [3.63, 3.8) is 0 Å². The van der Waals surface area contributed by atoms with Crippen molar-refractivity contribution in [3.05, 3.63) is 71.8 Å². The summed E-state index contributed by atoms with van der Waals surface area (Å²) in [5, 5.41) is 41.0. The Morgan fingerprint density at radius 3 is 1.34 bits per heavy atom. The molecule has 10 nitrogen and oxygen atoms in total. The van der Waals surface area contributed by atoms with Gasteiger partial charge in [0.15, 0.2) is 12.2 Å². The molecule has 2 aliphatic rings. The predicted molar refractivity (Wildman–Crippen MR) is 127 cm³/mol. The van der Waals surface area contributed by atoms with Gasteiger partial charge in [0.05, 0.1) is 13.2 Å². The lowest BCUT2D eigenvalue weighted by Crippen LogP contribution is -3.00. The van der Waals surface area contributed by atoms with Crippen molar-refractivity contribution in [2.75, 3.05) is 13.2 Å². The molecular formula is C26H36Cl2N2O8. The molecule has 2 aliphatic heterocycles. The van der Waals surface area contributed by atoms with Crippen LogP contribution in [0.4, 0.5) is 0 Å². The van der Waals surface area contributed by atoms with Crippen molar-refractivity contribution in [1.82, 2.24) is 0 Å². The highest BCUT2D eigenvalue weighted by Crippen LogP contribution is 2.16. The number of cyclic esters (lactones) is 2. The van der Waals surface area contributed by atoms with Gasteiger partial charge in [-0.1, -0.05) is 60.7 Å². The normalized spacial score (nSPS) is 23.6. The molecule has 0 aromatic heterocycles. The lowest BCUT2D eigenvalue weighted by molar-refractivity contribution is -0.708. The van der Waals surface area contributed by atoms with Crippen molar-refractivity contribution < 1.29 is 74.9 Å². The Kier molecular flexibility index (Phi) is 15.4. The summed E-state index contributed by atoms with van der Waals surface area (Å²) in [7, 11) is 0.